The van der Waals surface area contributed by atoms with Crippen LogP contribution in [-0.2, 0) is 9.84 Å². The third-order valence-electron chi connectivity index (χ3n) is 2.42. The van der Waals surface area contributed by atoms with E-state index < -0.39 is 15.9 Å². The van der Waals surface area contributed by atoms with Crippen LogP contribution in [0.4, 0.5) is 10.5 Å². The Kier molecular flexibility index (Phi) is 5.34. The van der Waals surface area contributed by atoms with E-state index in [1.54, 1.807) is 0 Å². The molecule has 1 aromatic carbocycles. The third-order valence-corrected chi connectivity index (χ3v) is 3.53. The highest BCUT2D eigenvalue weighted by molar-refractivity contribution is 7.90. The lowest BCUT2D eigenvalue weighted by atomic mass is 10.3. The van der Waals surface area contributed by atoms with Crippen molar-refractivity contribution < 1.29 is 23.1 Å². The molecule has 1 aromatic rings. The zero-order valence-corrected chi connectivity index (χ0v) is 12.4. The average molecular weight is 302 g/mol. The van der Waals surface area contributed by atoms with E-state index in [0.29, 0.717) is 13.2 Å². The molecule has 20 heavy (non-hydrogen) atoms. The zero-order valence-electron chi connectivity index (χ0n) is 11.6. The Labute approximate surface area is 118 Å². The summed E-state index contributed by atoms with van der Waals surface area (Å²) < 4.78 is 28.5. The summed E-state index contributed by atoms with van der Waals surface area (Å²) in [5.74, 6) is 0.192. The number of carbonyl (C=O) groups is 1. The minimum absolute atomic E-state index is 0.0771. The van der Waals surface area contributed by atoms with Gasteiger partial charge in [0.1, 0.15) is 12.4 Å². The molecular weight excluding hydrogens is 284 g/mol. The van der Waals surface area contributed by atoms with E-state index >= 15 is 0 Å². The number of hydrogen-bond donors (Lipinski definition) is 2. The quantitative estimate of drug-likeness (QED) is 0.817. The largest absolute Gasteiger partial charge is 0.490 e. The number of nitrogens with one attached hydrogen (secondary N) is 1. The Morgan fingerprint density at radius 1 is 1.40 bits per heavy atom. The smallest absolute Gasteiger partial charge is 0.409 e. The molecule has 0 saturated heterocycles. The summed E-state index contributed by atoms with van der Waals surface area (Å²) in [6.07, 6.45) is -0.162. The van der Waals surface area contributed by atoms with Gasteiger partial charge in [-0.2, -0.15) is 0 Å². The van der Waals surface area contributed by atoms with Crippen LogP contribution in [0.2, 0.25) is 0 Å². The summed E-state index contributed by atoms with van der Waals surface area (Å²) in [6.45, 7) is 0.935. The Morgan fingerprint density at radius 3 is 2.55 bits per heavy atom. The number of anilines is 1. The molecule has 0 radical (unpaired) electrons. The van der Waals surface area contributed by atoms with Crippen LogP contribution in [-0.4, -0.2) is 58.0 Å². The highest BCUT2D eigenvalue weighted by Gasteiger charge is 2.13. The summed E-state index contributed by atoms with van der Waals surface area (Å²) in [5, 5.41) is 10.9. The maximum atomic E-state index is 11.5. The fourth-order valence-electron chi connectivity index (χ4n) is 1.41. The van der Waals surface area contributed by atoms with E-state index in [0.717, 1.165) is 6.26 Å². The fraction of sp³-hybridized carbons (Fsp3) is 0.417. The van der Waals surface area contributed by atoms with Crippen molar-refractivity contribution in [3.8, 4) is 5.75 Å². The first-order valence-corrected chi connectivity index (χ1v) is 7.71. The predicted molar refractivity (Wildman–Crippen MR) is 75.2 cm³/mol. The Balaban J connectivity index is 3.03. The first-order chi connectivity index (χ1) is 9.20. The second-order valence-electron chi connectivity index (χ2n) is 4.51. The van der Waals surface area contributed by atoms with Gasteiger partial charge in [0.15, 0.2) is 9.84 Å². The lowest BCUT2D eigenvalue weighted by Crippen LogP contribution is -2.20. The Morgan fingerprint density at radius 2 is 2.05 bits per heavy atom. The molecule has 0 unspecified atom stereocenters. The van der Waals surface area contributed by atoms with Gasteiger partial charge in [0, 0.05) is 18.9 Å². The van der Waals surface area contributed by atoms with Gasteiger partial charge in [-0.15, -0.1) is 0 Å². The van der Waals surface area contributed by atoms with E-state index in [4.69, 9.17) is 9.84 Å². The molecule has 0 aliphatic rings. The first-order valence-electron chi connectivity index (χ1n) is 5.81. The van der Waals surface area contributed by atoms with Gasteiger partial charge in [0.2, 0.25) is 0 Å². The van der Waals surface area contributed by atoms with E-state index in [-0.39, 0.29) is 16.3 Å². The second kappa shape index (κ2) is 6.58. The van der Waals surface area contributed by atoms with Crippen LogP contribution in [0.25, 0.3) is 0 Å². The number of rotatable bonds is 6. The van der Waals surface area contributed by atoms with Crippen molar-refractivity contribution in [2.75, 3.05) is 38.8 Å². The minimum atomic E-state index is -3.38. The van der Waals surface area contributed by atoms with Crippen LogP contribution in [0, 0.1) is 0 Å². The van der Waals surface area contributed by atoms with Gasteiger partial charge in [-0.25, -0.2) is 13.2 Å². The third kappa shape index (κ3) is 5.06. The van der Waals surface area contributed by atoms with Gasteiger partial charge in [-0.05, 0) is 26.2 Å². The molecule has 0 spiro atoms. The fourth-order valence-corrected chi connectivity index (χ4v) is 2.05. The van der Waals surface area contributed by atoms with Crippen LogP contribution in [0.1, 0.15) is 0 Å². The number of hydrogen-bond acceptors (Lipinski definition) is 5. The molecule has 112 valence electrons. The summed E-state index contributed by atoms with van der Waals surface area (Å²) in [4.78, 5) is 12.7. The van der Waals surface area contributed by atoms with Gasteiger partial charge in [-0.1, -0.05) is 0 Å². The highest BCUT2D eigenvalue weighted by Crippen LogP contribution is 2.28. The topological polar surface area (TPSA) is 95.9 Å². The molecule has 0 atom stereocenters. The molecule has 0 aliphatic carbocycles. The van der Waals surface area contributed by atoms with Crippen LogP contribution in [0.5, 0.6) is 5.75 Å². The molecule has 1 rings (SSSR count). The maximum Gasteiger partial charge on any atom is 0.409 e. The van der Waals surface area contributed by atoms with Crippen LogP contribution in [0.15, 0.2) is 23.1 Å². The van der Waals surface area contributed by atoms with Crippen molar-refractivity contribution in [3.05, 3.63) is 18.2 Å². The number of benzene rings is 1. The number of amides is 1. The van der Waals surface area contributed by atoms with Crippen LogP contribution in [0.3, 0.4) is 0 Å². The van der Waals surface area contributed by atoms with Gasteiger partial charge >= 0.3 is 6.09 Å². The molecule has 2 N–H and O–H groups in total. The summed E-state index contributed by atoms with van der Waals surface area (Å²) >= 11 is 0. The average Bonchev–Trinajstić information content (AvgIpc) is 2.28. The Bertz CT molecular complexity index is 584. The lowest BCUT2D eigenvalue weighted by molar-refractivity contribution is 0.209. The normalized spacial score (nSPS) is 11.4. The molecule has 7 nitrogen and oxygen atoms in total. The lowest BCUT2D eigenvalue weighted by Gasteiger charge is -2.14. The second-order valence-corrected chi connectivity index (χ2v) is 6.53. The van der Waals surface area contributed by atoms with Gasteiger partial charge in [0.25, 0.3) is 0 Å². The van der Waals surface area contributed by atoms with Crippen molar-refractivity contribution in [3.63, 3.8) is 0 Å². The minimum Gasteiger partial charge on any atom is -0.490 e. The molecule has 0 saturated carbocycles. The van der Waals surface area contributed by atoms with Crippen molar-refractivity contribution >= 4 is 21.6 Å². The van der Waals surface area contributed by atoms with Gasteiger partial charge in [0.05, 0.1) is 10.6 Å². The highest BCUT2D eigenvalue weighted by atomic mass is 32.2. The number of likely N-dealkylation sites (N-methyl/N-ethyl adjacent to an activating group) is 1. The van der Waals surface area contributed by atoms with E-state index in [1.807, 2.05) is 19.0 Å². The van der Waals surface area contributed by atoms with Crippen molar-refractivity contribution in [1.29, 1.82) is 0 Å². The van der Waals surface area contributed by atoms with E-state index in [2.05, 4.69) is 5.32 Å². The van der Waals surface area contributed by atoms with Gasteiger partial charge in [-0.3, -0.25) is 5.32 Å². The van der Waals surface area contributed by atoms with E-state index in [1.165, 1.54) is 18.2 Å². The molecule has 0 aliphatic heterocycles. The van der Waals surface area contributed by atoms with Crippen molar-refractivity contribution in [1.82, 2.24) is 4.90 Å². The zero-order chi connectivity index (χ0) is 15.3. The monoisotopic (exact) mass is 302 g/mol. The number of nitrogens with zero attached hydrogens (tertiary/aromatic N) is 1. The molecule has 1 amide bonds. The molecule has 0 heterocycles. The molecular formula is C12H18N2O5S. The summed E-state index contributed by atoms with van der Waals surface area (Å²) in [5.41, 5.74) is 0.212. The number of ether oxygens (including phenoxy) is 1. The van der Waals surface area contributed by atoms with Crippen molar-refractivity contribution in [2.24, 2.45) is 0 Å². The van der Waals surface area contributed by atoms with Gasteiger partial charge < -0.3 is 14.7 Å². The Hall–Kier alpha value is -1.80. The number of sulfone groups is 1. The maximum absolute atomic E-state index is 11.5. The van der Waals surface area contributed by atoms with Crippen LogP contribution >= 0.6 is 0 Å². The summed E-state index contributed by atoms with van der Waals surface area (Å²) in [6, 6.07) is 4.02. The van der Waals surface area contributed by atoms with Crippen molar-refractivity contribution in [2.45, 2.75) is 4.90 Å². The SMILES string of the molecule is CN(C)CCOc1cc(S(C)(=O)=O)ccc1NC(=O)O. The molecule has 0 bridgehead atoms. The molecule has 0 fully saturated rings. The predicted octanol–water partition coefficient (Wildman–Crippen LogP) is 1.12. The molecule has 0 aromatic heterocycles. The standard InChI is InChI=1S/C12H18N2O5S/c1-14(2)6-7-19-11-8-9(20(3,17)18)4-5-10(11)13-12(15)16/h4-5,8,13H,6-7H2,1-3H3,(H,15,16). The summed E-state index contributed by atoms with van der Waals surface area (Å²) in [7, 11) is 0.358. The molecule has 8 heteroatoms. The van der Waals surface area contributed by atoms with E-state index in [9.17, 15) is 13.2 Å². The number of carboxylic acid groups (broad SMARTS) is 1. The van der Waals surface area contributed by atoms with Crippen LogP contribution < -0.4 is 10.1 Å². The first kappa shape index (κ1) is 16.3.